The van der Waals surface area contributed by atoms with Crippen molar-refractivity contribution >= 4 is 17.8 Å². The third kappa shape index (κ3) is 5.88. The quantitative estimate of drug-likeness (QED) is 0.493. The number of likely N-dealkylation sites (N-methyl/N-ethyl adjacent to an activating group) is 1. The predicted octanol–water partition coefficient (Wildman–Crippen LogP) is 2.62. The standard InChI is InChI=1S/C30H33N5O4/c1-32-21-28(37)34-26(18-23-12-14-25(36)15-13-23)29(38)33(17-16-22-8-4-2-5-9-22)20-27(34)35(32)30(39)31-19-24-10-6-3-7-11-24/h2-15,26-27,36H,16-21H2,1H3,(H,31,39)/t26-,27-/m0/s1. The first-order chi connectivity index (χ1) is 18.9. The summed E-state index contributed by atoms with van der Waals surface area (Å²) in [5.74, 6) is -0.208. The zero-order valence-electron chi connectivity index (χ0n) is 21.9. The van der Waals surface area contributed by atoms with Gasteiger partial charge in [0.15, 0.2) is 0 Å². The second kappa shape index (κ2) is 11.6. The van der Waals surface area contributed by atoms with E-state index >= 15 is 0 Å². The molecule has 2 N–H and O–H groups in total. The summed E-state index contributed by atoms with van der Waals surface area (Å²) in [5, 5.41) is 15.9. The summed E-state index contributed by atoms with van der Waals surface area (Å²) in [6.45, 7) is 1.01. The van der Waals surface area contributed by atoms with Crippen LogP contribution in [0.5, 0.6) is 5.75 Å². The van der Waals surface area contributed by atoms with E-state index in [-0.39, 0.29) is 43.1 Å². The molecule has 3 aromatic carbocycles. The van der Waals surface area contributed by atoms with Gasteiger partial charge in [-0.25, -0.2) is 14.8 Å². The number of nitrogens with one attached hydrogen (secondary N) is 1. The van der Waals surface area contributed by atoms with Crippen molar-refractivity contribution in [2.45, 2.75) is 31.6 Å². The SMILES string of the molecule is CN1CC(=O)N2[C@@H](Cc3ccc(O)cc3)C(=O)N(CCc3ccccc3)C[C@@H]2N1C(=O)NCc1ccccc1. The Balaban J connectivity index is 1.42. The van der Waals surface area contributed by atoms with Crippen LogP contribution in [0, 0.1) is 0 Å². The smallest absolute Gasteiger partial charge is 0.334 e. The van der Waals surface area contributed by atoms with Crippen LogP contribution in [0.25, 0.3) is 0 Å². The van der Waals surface area contributed by atoms with Crippen molar-refractivity contribution in [3.8, 4) is 5.75 Å². The maximum atomic E-state index is 13.8. The van der Waals surface area contributed by atoms with Crippen LogP contribution in [-0.2, 0) is 29.0 Å². The number of phenolic OH excluding ortho intramolecular Hbond substituents is 1. The van der Waals surface area contributed by atoms with E-state index in [0.717, 1.165) is 16.7 Å². The highest BCUT2D eigenvalue weighted by Crippen LogP contribution is 2.28. The van der Waals surface area contributed by atoms with Gasteiger partial charge in [-0.05, 0) is 35.2 Å². The summed E-state index contributed by atoms with van der Waals surface area (Å²) < 4.78 is 0. The Bertz CT molecular complexity index is 1300. The molecular weight excluding hydrogens is 494 g/mol. The number of carbonyl (C=O) groups is 3. The van der Waals surface area contributed by atoms with Crippen LogP contribution in [0.15, 0.2) is 84.9 Å². The molecule has 0 bridgehead atoms. The average Bonchev–Trinajstić information content (AvgIpc) is 2.94. The second-order valence-corrected chi connectivity index (χ2v) is 9.99. The second-order valence-electron chi connectivity index (χ2n) is 9.99. The molecule has 0 unspecified atom stereocenters. The Morgan fingerprint density at radius 2 is 1.54 bits per heavy atom. The van der Waals surface area contributed by atoms with E-state index in [1.54, 1.807) is 51.1 Å². The number of benzene rings is 3. The topological polar surface area (TPSA) is 96.4 Å². The largest absolute Gasteiger partial charge is 0.508 e. The molecule has 202 valence electrons. The lowest BCUT2D eigenvalue weighted by Gasteiger charge is -2.54. The Morgan fingerprint density at radius 3 is 2.21 bits per heavy atom. The Morgan fingerprint density at radius 1 is 0.897 bits per heavy atom. The number of phenols is 1. The molecule has 3 aromatic rings. The van der Waals surface area contributed by atoms with Gasteiger partial charge in [0.05, 0.1) is 13.1 Å². The fourth-order valence-electron chi connectivity index (χ4n) is 5.32. The van der Waals surface area contributed by atoms with E-state index in [2.05, 4.69) is 5.32 Å². The lowest BCUT2D eigenvalue weighted by atomic mass is 9.98. The number of carbonyl (C=O) groups excluding carboxylic acids is 3. The van der Waals surface area contributed by atoms with Crippen LogP contribution in [0.4, 0.5) is 4.79 Å². The van der Waals surface area contributed by atoms with E-state index in [1.807, 2.05) is 60.7 Å². The predicted molar refractivity (Wildman–Crippen MR) is 146 cm³/mol. The molecule has 2 atom stereocenters. The van der Waals surface area contributed by atoms with Crippen molar-refractivity contribution in [2.75, 3.05) is 26.7 Å². The van der Waals surface area contributed by atoms with Crippen LogP contribution in [0.3, 0.4) is 0 Å². The summed E-state index contributed by atoms with van der Waals surface area (Å²) >= 11 is 0. The molecule has 9 nitrogen and oxygen atoms in total. The van der Waals surface area contributed by atoms with Crippen LogP contribution >= 0.6 is 0 Å². The Hall–Kier alpha value is -4.37. The van der Waals surface area contributed by atoms with Gasteiger partial charge in [-0.3, -0.25) is 9.59 Å². The Kier molecular flexibility index (Phi) is 7.79. The fraction of sp³-hybridized carbons (Fsp3) is 0.300. The van der Waals surface area contributed by atoms with Crippen molar-refractivity contribution in [1.82, 2.24) is 25.1 Å². The van der Waals surface area contributed by atoms with Crippen LogP contribution in [-0.4, -0.2) is 81.7 Å². The first-order valence-corrected chi connectivity index (χ1v) is 13.1. The molecule has 2 heterocycles. The van der Waals surface area contributed by atoms with E-state index in [0.29, 0.717) is 19.5 Å². The summed E-state index contributed by atoms with van der Waals surface area (Å²) in [7, 11) is 1.72. The number of aromatic hydroxyl groups is 1. The number of rotatable bonds is 7. The van der Waals surface area contributed by atoms with Gasteiger partial charge in [0.1, 0.15) is 18.0 Å². The molecule has 2 aliphatic rings. The molecule has 39 heavy (non-hydrogen) atoms. The van der Waals surface area contributed by atoms with Gasteiger partial charge in [-0.15, -0.1) is 0 Å². The molecule has 9 heteroatoms. The molecule has 0 radical (unpaired) electrons. The minimum atomic E-state index is -0.769. The van der Waals surface area contributed by atoms with Crippen molar-refractivity contribution < 1.29 is 19.5 Å². The third-order valence-electron chi connectivity index (χ3n) is 7.31. The molecule has 5 rings (SSSR count). The van der Waals surface area contributed by atoms with Crippen molar-refractivity contribution in [1.29, 1.82) is 0 Å². The first-order valence-electron chi connectivity index (χ1n) is 13.1. The molecule has 0 aliphatic carbocycles. The molecule has 0 aromatic heterocycles. The molecule has 2 fully saturated rings. The highest BCUT2D eigenvalue weighted by molar-refractivity contribution is 5.91. The van der Waals surface area contributed by atoms with Gasteiger partial charge in [-0.2, -0.15) is 0 Å². The number of amides is 4. The van der Waals surface area contributed by atoms with Gasteiger partial charge >= 0.3 is 6.03 Å². The Labute approximate surface area is 228 Å². The normalized spacial score (nSPS) is 19.7. The van der Waals surface area contributed by atoms with Gasteiger partial charge < -0.3 is 20.2 Å². The fourth-order valence-corrected chi connectivity index (χ4v) is 5.32. The molecule has 4 amide bonds. The van der Waals surface area contributed by atoms with Gasteiger partial charge in [-0.1, -0.05) is 72.8 Å². The summed E-state index contributed by atoms with van der Waals surface area (Å²) in [4.78, 5) is 44.1. The number of hydrazine groups is 1. The monoisotopic (exact) mass is 527 g/mol. The number of hydrogen-bond acceptors (Lipinski definition) is 5. The molecule has 0 saturated carbocycles. The van der Waals surface area contributed by atoms with E-state index in [9.17, 15) is 19.5 Å². The molecule has 0 spiro atoms. The van der Waals surface area contributed by atoms with Gasteiger partial charge in [0.25, 0.3) is 0 Å². The molecule has 2 saturated heterocycles. The molecular formula is C30H33N5O4. The number of hydrogen-bond donors (Lipinski definition) is 2. The number of piperazine rings is 1. The van der Waals surface area contributed by atoms with Gasteiger partial charge in [0.2, 0.25) is 11.8 Å². The van der Waals surface area contributed by atoms with Crippen LogP contribution < -0.4 is 5.32 Å². The van der Waals surface area contributed by atoms with E-state index in [4.69, 9.17) is 0 Å². The maximum absolute atomic E-state index is 13.8. The lowest BCUT2D eigenvalue weighted by Crippen LogP contribution is -2.76. The zero-order chi connectivity index (χ0) is 27.4. The van der Waals surface area contributed by atoms with E-state index < -0.39 is 12.2 Å². The van der Waals surface area contributed by atoms with Crippen molar-refractivity contribution in [3.63, 3.8) is 0 Å². The van der Waals surface area contributed by atoms with E-state index in [1.165, 1.54) is 0 Å². The van der Waals surface area contributed by atoms with Gasteiger partial charge in [0, 0.05) is 26.6 Å². The third-order valence-corrected chi connectivity index (χ3v) is 7.31. The first kappa shape index (κ1) is 26.2. The average molecular weight is 528 g/mol. The summed E-state index contributed by atoms with van der Waals surface area (Å²) in [6, 6.07) is 25.1. The molecule has 2 aliphatic heterocycles. The number of fused-ring (bicyclic) bond motifs is 1. The summed E-state index contributed by atoms with van der Waals surface area (Å²) in [5.41, 5.74) is 2.89. The lowest BCUT2D eigenvalue weighted by molar-refractivity contribution is -0.186. The van der Waals surface area contributed by atoms with Crippen LogP contribution in [0.2, 0.25) is 0 Å². The highest BCUT2D eigenvalue weighted by Gasteiger charge is 2.50. The van der Waals surface area contributed by atoms with Crippen LogP contribution in [0.1, 0.15) is 16.7 Å². The summed E-state index contributed by atoms with van der Waals surface area (Å²) in [6.07, 6.45) is 0.296. The maximum Gasteiger partial charge on any atom is 0.334 e. The number of nitrogens with zero attached hydrogens (tertiary/aromatic N) is 4. The minimum absolute atomic E-state index is 0.0152. The van der Waals surface area contributed by atoms with Crippen molar-refractivity contribution in [2.24, 2.45) is 0 Å². The zero-order valence-corrected chi connectivity index (χ0v) is 21.9. The van der Waals surface area contributed by atoms with Crippen molar-refractivity contribution in [3.05, 3.63) is 102 Å². The highest BCUT2D eigenvalue weighted by atomic mass is 16.3. The number of urea groups is 1. The minimum Gasteiger partial charge on any atom is -0.508 e.